The van der Waals surface area contributed by atoms with Crippen LogP contribution in [0.1, 0.15) is 33.6 Å². The van der Waals surface area contributed by atoms with Crippen molar-refractivity contribution in [3.63, 3.8) is 0 Å². The molecular weight excluding hydrogens is 328 g/mol. The molecule has 2 aromatic carbocycles. The molecule has 0 saturated heterocycles. The first-order chi connectivity index (χ1) is 12.5. The van der Waals surface area contributed by atoms with Gasteiger partial charge in [-0.1, -0.05) is 24.3 Å². The van der Waals surface area contributed by atoms with Crippen LogP contribution in [0.3, 0.4) is 0 Å². The second-order valence-electron chi connectivity index (χ2n) is 6.85. The predicted molar refractivity (Wildman–Crippen MR) is 102 cm³/mol. The predicted octanol–water partition coefficient (Wildman–Crippen LogP) is 1.99. The lowest BCUT2D eigenvalue weighted by Crippen LogP contribution is -2.35. The number of nitrogens with two attached hydrogens (primary N) is 2. The molecule has 0 fully saturated rings. The third kappa shape index (κ3) is 2.34. The van der Waals surface area contributed by atoms with Crippen molar-refractivity contribution < 1.29 is 9.59 Å². The zero-order valence-corrected chi connectivity index (χ0v) is 14.7. The van der Waals surface area contributed by atoms with Crippen LogP contribution in [0.15, 0.2) is 36.4 Å². The van der Waals surface area contributed by atoms with Crippen LogP contribution >= 0.6 is 0 Å². The van der Waals surface area contributed by atoms with Crippen LogP contribution in [0.5, 0.6) is 0 Å². The van der Waals surface area contributed by atoms with E-state index in [0.717, 1.165) is 21.8 Å². The summed E-state index contributed by atoms with van der Waals surface area (Å²) in [6.45, 7) is 0.818. The molecule has 6 heteroatoms. The number of imide groups is 1. The number of hydrogen-bond donors (Lipinski definition) is 2. The van der Waals surface area contributed by atoms with Crippen LogP contribution in [0.4, 0.5) is 0 Å². The van der Waals surface area contributed by atoms with Crippen LogP contribution in [0.25, 0.3) is 21.8 Å². The Hall–Kier alpha value is -2.70. The van der Waals surface area contributed by atoms with Gasteiger partial charge >= 0.3 is 0 Å². The third-order valence-electron chi connectivity index (χ3n) is 5.26. The van der Waals surface area contributed by atoms with Crippen LogP contribution in [-0.4, -0.2) is 40.4 Å². The van der Waals surface area contributed by atoms with Gasteiger partial charge in [-0.05, 0) is 31.5 Å². The Labute approximate surface area is 151 Å². The van der Waals surface area contributed by atoms with E-state index in [0.29, 0.717) is 37.1 Å². The zero-order chi connectivity index (χ0) is 18.4. The maximum absolute atomic E-state index is 13.0. The van der Waals surface area contributed by atoms with E-state index in [9.17, 15) is 9.59 Å². The number of para-hydroxylation sites is 1. The van der Waals surface area contributed by atoms with Gasteiger partial charge in [0.1, 0.15) is 0 Å². The quantitative estimate of drug-likeness (QED) is 0.688. The van der Waals surface area contributed by atoms with Gasteiger partial charge in [0.15, 0.2) is 0 Å². The summed E-state index contributed by atoms with van der Waals surface area (Å²) in [5.74, 6) is -0.474. The summed E-state index contributed by atoms with van der Waals surface area (Å²) in [5.41, 5.74) is 14.3. The number of hydrogen-bond acceptors (Lipinski definition) is 4. The zero-order valence-electron chi connectivity index (χ0n) is 14.7. The minimum absolute atomic E-state index is 0.109. The second-order valence-corrected chi connectivity index (χ2v) is 6.85. The molecule has 0 spiro atoms. The maximum Gasteiger partial charge on any atom is 0.263 e. The molecule has 2 amide bonds. The van der Waals surface area contributed by atoms with E-state index >= 15 is 0 Å². The number of benzene rings is 2. The van der Waals surface area contributed by atoms with Gasteiger partial charge in [0.05, 0.1) is 16.6 Å². The number of fused-ring (bicyclic) bond motifs is 5. The first kappa shape index (κ1) is 16.8. The van der Waals surface area contributed by atoms with Gasteiger partial charge in [-0.15, -0.1) is 0 Å². The molecule has 1 aliphatic rings. The Morgan fingerprint density at radius 1 is 1.00 bits per heavy atom. The molecule has 0 radical (unpaired) electrons. The van der Waals surface area contributed by atoms with Crippen molar-refractivity contribution in [1.82, 2.24) is 9.47 Å². The molecular formula is C20H22N4O2. The highest BCUT2D eigenvalue weighted by Gasteiger charge is 2.38. The fourth-order valence-corrected chi connectivity index (χ4v) is 3.89. The van der Waals surface area contributed by atoms with Gasteiger partial charge in [-0.2, -0.15) is 0 Å². The summed E-state index contributed by atoms with van der Waals surface area (Å²) < 4.78 is 2.00. The molecule has 134 valence electrons. The average molecular weight is 350 g/mol. The fraction of sp³-hybridized carbons (Fsp3) is 0.300. The van der Waals surface area contributed by atoms with Crippen molar-refractivity contribution in [2.75, 3.05) is 13.1 Å². The van der Waals surface area contributed by atoms with Crippen molar-refractivity contribution in [2.45, 2.75) is 18.9 Å². The SMILES string of the molecule is Cn1c2ccccc2c2ccc3c(c21)C(=O)N(CCC(N)CCN)C3=O. The van der Waals surface area contributed by atoms with Gasteiger partial charge < -0.3 is 16.0 Å². The molecule has 2 heterocycles. The number of rotatable bonds is 5. The van der Waals surface area contributed by atoms with E-state index in [4.69, 9.17) is 11.5 Å². The van der Waals surface area contributed by atoms with Gasteiger partial charge in [0, 0.05) is 35.9 Å². The number of carbonyl (C=O) groups excluding carboxylic acids is 2. The number of carbonyl (C=O) groups is 2. The highest BCUT2D eigenvalue weighted by molar-refractivity contribution is 6.28. The van der Waals surface area contributed by atoms with Crippen LogP contribution < -0.4 is 11.5 Å². The number of aryl methyl sites for hydroxylation is 1. The van der Waals surface area contributed by atoms with Gasteiger partial charge in [0.2, 0.25) is 0 Å². The Kier molecular flexibility index (Phi) is 4.01. The van der Waals surface area contributed by atoms with E-state index in [1.165, 1.54) is 4.90 Å². The molecule has 6 nitrogen and oxygen atoms in total. The normalized spacial score (nSPS) is 15.3. The van der Waals surface area contributed by atoms with Crippen LogP contribution in [0.2, 0.25) is 0 Å². The minimum atomic E-state index is -0.239. The van der Waals surface area contributed by atoms with E-state index < -0.39 is 0 Å². The van der Waals surface area contributed by atoms with E-state index in [1.54, 1.807) is 6.07 Å². The lowest BCUT2D eigenvalue weighted by molar-refractivity contribution is 0.0650. The minimum Gasteiger partial charge on any atom is -0.343 e. The molecule has 0 aliphatic carbocycles. The Morgan fingerprint density at radius 3 is 2.54 bits per heavy atom. The van der Waals surface area contributed by atoms with Gasteiger partial charge in [-0.3, -0.25) is 14.5 Å². The van der Waals surface area contributed by atoms with Crippen molar-refractivity contribution in [3.05, 3.63) is 47.5 Å². The first-order valence-electron chi connectivity index (χ1n) is 8.86. The van der Waals surface area contributed by atoms with Crippen molar-refractivity contribution >= 4 is 33.6 Å². The van der Waals surface area contributed by atoms with E-state index in [-0.39, 0.29) is 17.9 Å². The number of nitrogens with zero attached hydrogens (tertiary/aromatic N) is 2. The smallest absolute Gasteiger partial charge is 0.263 e. The molecule has 1 aliphatic heterocycles. The fourth-order valence-electron chi connectivity index (χ4n) is 3.89. The van der Waals surface area contributed by atoms with Crippen LogP contribution in [0, 0.1) is 0 Å². The molecule has 1 atom stereocenters. The maximum atomic E-state index is 13.0. The Morgan fingerprint density at radius 2 is 1.77 bits per heavy atom. The molecule has 0 bridgehead atoms. The molecule has 4 N–H and O–H groups in total. The standard InChI is InChI=1S/C20H22N4O2/c1-23-16-5-3-2-4-13(16)14-6-7-15-17(18(14)23)20(26)24(19(15)25)11-9-12(22)8-10-21/h2-7,12H,8-11,21-22H2,1H3. The topological polar surface area (TPSA) is 94.3 Å². The average Bonchev–Trinajstić information content (AvgIpc) is 3.06. The molecule has 4 rings (SSSR count). The van der Waals surface area contributed by atoms with Crippen molar-refractivity contribution in [1.29, 1.82) is 0 Å². The van der Waals surface area contributed by atoms with Gasteiger partial charge in [0.25, 0.3) is 11.8 Å². The second kappa shape index (κ2) is 6.23. The monoisotopic (exact) mass is 350 g/mol. The summed E-state index contributed by atoms with van der Waals surface area (Å²) in [4.78, 5) is 27.1. The highest BCUT2D eigenvalue weighted by atomic mass is 16.2. The lowest BCUT2D eigenvalue weighted by Gasteiger charge is -2.16. The van der Waals surface area contributed by atoms with Gasteiger partial charge in [-0.25, -0.2) is 0 Å². The van der Waals surface area contributed by atoms with E-state index in [2.05, 4.69) is 0 Å². The van der Waals surface area contributed by atoms with Crippen molar-refractivity contribution in [3.8, 4) is 0 Å². The third-order valence-corrected chi connectivity index (χ3v) is 5.26. The van der Waals surface area contributed by atoms with Crippen LogP contribution in [-0.2, 0) is 7.05 Å². The summed E-state index contributed by atoms with van der Waals surface area (Å²) in [7, 11) is 1.93. The Balaban J connectivity index is 1.79. The van der Waals surface area contributed by atoms with E-state index in [1.807, 2.05) is 41.9 Å². The molecule has 3 aromatic rings. The molecule has 26 heavy (non-hydrogen) atoms. The number of amides is 2. The molecule has 0 saturated carbocycles. The highest BCUT2D eigenvalue weighted by Crippen LogP contribution is 2.35. The largest absolute Gasteiger partial charge is 0.343 e. The summed E-state index contributed by atoms with van der Waals surface area (Å²) >= 11 is 0. The summed E-state index contributed by atoms with van der Waals surface area (Å²) in [6.07, 6.45) is 1.23. The molecule has 1 aromatic heterocycles. The lowest BCUT2D eigenvalue weighted by atomic mass is 10.0. The molecule has 1 unspecified atom stereocenters. The first-order valence-corrected chi connectivity index (χ1v) is 8.86. The summed E-state index contributed by atoms with van der Waals surface area (Å²) in [5, 5.41) is 2.07. The summed E-state index contributed by atoms with van der Waals surface area (Å²) in [6, 6.07) is 11.6. The number of aromatic nitrogens is 1. The van der Waals surface area contributed by atoms with Crippen molar-refractivity contribution in [2.24, 2.45) is 18.5 Å². The Bertz CT molecular complexity index is 1040.